The number of alkyl carbamates (subject to hydrolysis) is 1. The molecule has 0 aliphatic rings. The van der Waals surface area contributed by atoms with Crippen LogP contribution in [0.25, 0.3) is 0 Å². The van der Waals surface area contributed by atoms with E-state index in [0.717, 1.165) is 5.56 Å². The Morgan fingerprint density at radius 1 is 1.10 bits per heavy atom. The average Bonchev–Trinajstić information content (AvgIpc) is 2.73. The van der Waals surface area contributed by atoms with Crippen molar-refractivity contribution in [2.24, 2.45) is 11.8 Å². The molecule has 0 radical (unpaired) electrons. The van der Waals surface area contributed by atoms with E-state index in [9.17, 15) is 14.7 Å². The molecule has 0 fully saturated rings. The predicted molar refractivity (Wildman–Crippen MR) is 121 cm³/mol. The van der Waals surface area contributed by atoms with Crippen LogP contribution in [-0.2, 0) is 16.1 Å². The highest BCUT2D eigenvalue weighted by Crippen LogP contribution is 2.14. The third kappa shape index (κ3) is 11.5. The number of carbonyl (C=O) groups is 2. The van der Waals surface area contributed by atoms with E-state index in [1.165, 1.54) is 6.08 Å². The van der Waals surface area contributed by atoms with E-state index in [4.69, 9.17) is 9.84 Å². The van der Waals surface area contributed by atoms with Crippen molar-refractivity contribution in [3.8, 4) is 0 Å². The quantitative estimate of drug-likeness (QED) is 0.357. The summed E-state index contributed by atoms with van der Waals surface area (Å²) in [4.78, 5) is 24.8. The van der Waals surface area contributed by atoms with Crippen molar-refractivity contribution < 1.29 is 24.5 Å². The summed E-state index contributed by atoms with van der Waals surface area (Å²) in [6.07, 6.45) is 1.06. The number of amides is 2. The maximum absolute atomic E-state index is 12.5. The van der Waals surface area contributed by atoms with E-state index in [-0.39, 0.29) is 25.0 Å². The highest BCUT2D eigenvalue weighted by molar-refractivity contribution is 5.93. The molecule has 31 heavy (non-hydrogen) atoms. The largest absolute Gasteiger partial charge is 0.445 e. The summed E-state index contributed by atoms with van der Waals surface area (Å²) in [6, 6.07) is 8.73. The minimum Gasteiger partial charge on any atom is -0.445 e. The first-order chi connectivity index (χ1) is 14.7. The Labute approximate surface area is 185 Å². The third-order valence-corrected chi connectivity index (χ3v) is 4.59. The van der Waals surface area contributed by atoms with Gasteiger partial charge in [0.05, 0.1) is 12.1 Å². The van der Waals surface area contributed by atoms with E-state index < -0.39 is 18.2 Å². The molecule has 7 nitrogen and oxygen atoms in total. The molecule has 0 aliphatic carbocycles. The summed E-state index contributed by atoms with van der Waals surface area (Å²) in [5.41, 5.74) is 1.27. The summed E-state index contributed by atoms with van der Waals surface area (Å²) in [6.45, 7) is 8.57. The lowest BCUT2D eigenvalue weighted by atomic mass is 9.96. The van der Waals surface area contributed by atoms with Gasteiger partial charge in [-0.3, -0.25) is 4.79 Å². The van der Waals surface area contributed by atoms with E-state index in [2.05, 4.69) is 10.6 Å². The normalized spacial score (nSPS) is 13.7. The molecule has 1 aromatic carbocycles. The van der Waals surface area contributed by atoms with Crippen LogP contribution in [0.4, 0.5) is 4.79 Å². The monoisotopic (exact) mass is 434 g/mol. The lowest BCUT2D eigenvalue weighted by Crippen LogP contribution is -2.44. The van der Waals surface area contributed by atoms with Gasteiger partial charge in [0.2, 0.25) is 5.91 Å². The van der Waals surface area contributed by atoms with Gasteiger partial charge in [0.15, 0.2) is 0 Å². The Morgan fingerprint density at radius 2 is 1.77 bits per heavy atom. The molecule has 0 aromatic heterocycles. The van der Waals surface area contributed by atoms with Crippen LogP contribution >= 0.6 is 0 Å². The first-order valence-electron chi connectivity index (χ1n) is 11.0. The molecule has 7 heteroatoms. The summed E-state index contributed by atoms with van der Waals surface area (Å²) in [5, 5.41) is 25.5. The Kier molecular flexibility index (Phi) is 12.5. The van der Waals surface area contributed by atoms with E-state index >= 15 is 0 Å². The van der Waals surface area contributed by atoms with Gasteiger partial charge < -0.3 is 25.6 Å². The van der Waals surface area contributed by atoms with Crippen LogP contribution in [0.2, 0.25) is 0 Å². The second-order valence-electron chi connectivity index (χ2n) is 8.56. The van der Waals surface area contributed by atoms with Crippen LogP contribution < -0.4 is 10.6 Å². The Hall–Kier alpha value is -2.38. The number of aliphatic hydroxyl groups excluding tert-OH is 2. The number of hydrogen-bond acceptors (Lipinski definition) is 5. The maximum atomic E-state index is 12.5. The number of carbonyl (C=O) groups excluding carboxylic acids is 2. The van der Waals surface area contributed by atoms with Crippen LogP contribution in [0.1, 0.15) is 52.5 Å². The number of rotatable bonds is 13. The molecule has 0 unspecified atom stereocenters. The molecule has 0 aliphatic heterocycles. The highest BCUT2D eigenvalue weighted by atomic mass is 16.5. The fourth-order valence-electron chi connectivity index (χ4n) is 2.98. The Bertz CT molecular complexity index is 688. The molecule has 0 heterocycles. The van der Waals surface area contributed by atoms with Crippen molar-refractivity contribution in [3.63, 3.8) is 0 Å². The highest BCUT2D eigenvalue weighted by Gasteiger charge is 2.23. The van der Waals surface area contributed by atoms with Crippen LogP contribution in [0.3, 0.4) is 0 Å². The number of hydrogen-bond donors (Lipinski definition) is 4. The molecule has 2 atom stereocenters. The number of benzene rings is 1. The lowest BCUT2D eigenvalue weighted by molar-refractivity contribution is -0.117. The van der Waals surface area contributed by atoms with Crippen molar-refractivity contribution in [3.05, 3.63) is 47.5 Å². The van der Waals surface area contributed by atoms with Gasteiger partial charge in [-0.15, -0.1) is 0 Å². The van der Waals surface area contributed by atoms with Gasteiger partial charge in [0.25, 0.3) is 0 Å². The van der Waals surface area contributed by atoms with Crippen molar-refractivity contribution >= 4 is 12.0 Å². The van der Waals surface area contributed by atoms with Crippen molar-refractivity contribution in [2.75, 3.05) is 13.2 Å². The summed E-state index contributed by atoms with van der Waals surface area (Å²) in [5.74, 6) is 0.233. The standard InChI is InChI=1S/C24H38N2O5/c1-17(2)13-21(26-24(30)31-16-19-9-6-5-7-10-19)22(28)14-20(11-8-12-27)23(29)25-15-18(3)4/h5-7,9-10,14,17-18,21-22,27-28H,8,11-13,15-16H2,1-4H3,(H,25,29)(H,26,30)/t21-,22-/m0/s1. The van der Waals surface area contributed by atoms with Crippen molar-refractivity contribution in [1.82, 2.24) is 10.6 Å². The minimum atomic E-state index is -1.06. The topological polar surface area (TPSA) is 108 Å². The second-order valence-corrected chi connectivity index (χ2v) is 8.56. The van der Waals surface area contributed by atoms with Crippen molar-refractivity contribution in [2.45, 2.75) is 65.7 Å². The second kappa shape index (κ2) is 14.6. The molecule has 174 valence electrons. The first-order valence-corrected chi connectivity index (χ1v) is 11.0. The molecule has 1 aromatic rings. The minimum absolute atomic E-state index is 0.0512. The van der Waals surface area contributed by atoms with Gasteiger partial charge in [-0.05, 0) is 42.7 Å². The van der Waals surface area contributed by atoms with E-state index in [0.29, 0.717) is 37.3 Å². The Morgan fingerprint density at radius 3 is 2.35 bits per heavy atom. The zero-order valence-electron chi connectivity index (χ0n) is 19.1. The van der Waals surface area contributed by atoms with Crippen LogP contribution in [0.5, 0.6) is 0 Å². The van der Waals surface area contributed by atoms with Crippen LogP contribution in [0, 0.1) is 11.8 Å². The SMILES string of the molecule is CC(C)CNC(=O)C(=C[C@H](O)[C@H](CC(C)C)NC(=O)OCc1ccccc1)CCCO. The van der Waals surface area contributed by atoms with Crippen LogP contribution in [0.15, 0.2) is 42.0 Å². The lowest BCUT2D eigenvalue weighted by Gasteiger charge is -2.24. The number of aliphatic hydroxyl groups is 2. The summed E-state index contributed by atoms with van der Waals surface area (Å²) < 4.78 is 5.28. The van der Waals surface area contributed by atoms with Gasteiger partial charge in [-0.2, -0.15) is 0 Å². The van der Waals surface area contributed by atoms with Gasteiger partial charge in [-0.1, -0.05) is 58.0 Å². The number of ether oxygens (including phenoxy) is 1. The fourth-order valence-corrected chi connectivity index (χ4v) is 2.98. The first kappa shape index (κ1) is 26.7. The van der Waals surface area contributed by atoms with E-state index in [1.807, 2.05) is 58.0 Å². The molecular formula is C24H38N2O5. The number of nitrogens with one attached hydrogen (secondary N) is 2. The van der Waals surface area contributed by atoms with Gasteiger partial charge in [0.1, 0.15) is 6.61 Å². The molecule has 0 bridgehead atoms. The smallest absolute Gasteiger partial charge is 0.407 e. The fraction of sp³-hybridized carbons (Fsp3) is 0.583. The summed E-state index contributed by atoms with van der Waals surface area (Å²) >= 11 is 0. The molecule has 2 amide bonds. The zero-order valence-corrected chi connectivity index (χ0v) is 19.1. The van der Waals surface area contributed by atoms with E-state index in [1.54, 1.807) is 0 Å². The zero-order chi connectivity index (χ0) is 23.2. The molecule has 0 spiro atoms. The molecular weight excluding hydrogens is 396 g/mol. The average molecular weight is 435 g/mol. The Balaban J connectivity index is 2.84. The predicted octanol–water partition coefficient (Wildman–Crippen LogP) is 3.16. The van der Waals surface area contributed by atoms with Crippen LogP contribution in [-0.4, -0.2) is 47.5 Å². The summed E-state index contributed by atoms with van der Waals surface area (Å²) in [7, 11) is 0. The molecule has 0 saturated heterocycles. The third-order valence-electron chi connectivity index (χ3n) is 4.59. The maximum Gasteiger partial charge on any atom is 0.407 e. The molecule has 0 saturated carbocycles. The van der Waals surface area contributed by atoms with Gasteiger partial charge in [-0.25, -0.2) is 4.79 Å². The van der Waals surface area contributed by atoms with Crippen molar-refractivity contribution in [1.29, 1.82) is 0 Å². The molecule has 4 N–H and O–H groups in total. The molecule has 1 rings (SSSR count). The van der Waals surface area contributed by atoms with Gasteiger partial charge >= 0.3 is 6.09 Å². The van der Waals surface area contributed by atoms with Gasteiger partial charge in [0, 0.05) is 18.7 Å².